The molecular formula is C29H26ClN3O5. The minimum Gasteiger partial charge on any atom is -0.508 e. The zero-order valence-corrected chi connectivity index (χ0v) is 21.2. The van der Waals surface area contributed by atoms with Crippen molar-refractivity contribution in [1.82, 2.24) is 15.1 Å². The monoisotopic (exact) mass is 531 g/mol. The quantitative estimate of drug-likeness (QED) is 0.508. The van der Waals surface area contributed by atoms with E-state index in [0.29, 0.717) is 22.6 Å². The van der Waals surface area contributed by atoms with Crippen molar-refractivity contribution >= 4 is 35.1 Å². The van der Waals surface area contributed by atoms with E-state index >= 15 is 0 Å². The predicted molar refractivity (Wildman–Crippen MR) is 141 cm³/mol. The molecular weight excluding hydrogens is 506 g/mol. The zero-order chi connectivity index (χ0) is 26.8. The van der Waals surface area contributed by atoms with Crippen LogP contribution in [0.1, 0.15) is 32.7 Å². The number of nitrogens with one attached hydrogen (secondary N) is 1. The lowest BCUT2D eigenvalue weighted by atomic mass is 10.0. The first kappa shape index (κ1) is 25.5. The van der Waals surface area contributed by atoms with Crippen molar-refractivity contribution in [1.29, 1.82) is 0 Å². The number of benzene rings is 3. The molecule has 9 heteroatoms. The van der Waals surface area contributed by atoms with E-state index in [4.69, 9.17) is 11.6 Å². The van der Waals surface area contributed by atoms with Crippen molar-refractivity contribution in [2.75, 3.05) is 13.1 Å². The predicted octanol–water partition coefficient (Wildman–Crippen LogP) is 3.08. The molecule has 2 saturated heterocycles. The highest BCUT2D eigenvalue weighted by atomic mass is 35.5. The Bertz CT molecular complexity index is 1380. The van der Waals surface area contributed by atoms with Crippen LogP contribution in [0.2, 0.25) is 5.02 Å². The molecule has 3 aromatic rings. The molecule has 8 nitrogen and oxygen atoms in total. The van der Waals surface area contributed by atoms with Gasteiger partial charge in [0.15, 0.2) is 5.78 Å². The van der Waals surface area contributed by atoms with Gasteiger partial charge in [0.1, 0.15) is 17.8 Å². The smallest absolute Gasteiger partial charge is 0.254 e. The van der Waals surface area contributed by atoms with Gasteiger partial charge in [0.2, 0.25) is 5.91 Å². The highest BCUT2D eigenvalue weighted by Crippen LogP contribution is 2.31. The fraction of sp³-hybridized carbons (Fsp3) is 0.241. The minimum absolute atomic E-state index is 0.0651. The summed E-state index contributed by atoms with van der Waals surface area (Å²) < 4.78 is 0. The third kappa shape index (κ3) is 5.13. The zero-order valence-electron chi connectivity index (χ0n) is 20.4. The maximum Gasteiger partial charge on any atom is 0.254 e. The fourth-order valence-corrected chi connectivity index (χ4v) is 5.42. The van der Waals surface area contributed by atoms with Gasteiger partial charge in [0.05, 0.1) is 12.6 Å². The lowest BCUT2D eigenvalue weighted by molar-refractivity contribution is -0.138. The maximum atomic E-state index is 13.9. The van der Waals surface area contributed by atoms with Crippen molar-refractivity contribution in [3.8, 4) is 5.75 Å². The second-order valence-corrected chi connectivity index (χ2v) is 9.94. The molecule has 2 heterocycles. The van der Waals surface area contributed by atoms with E-state index < -0.39 is 29.9 Å². The summed E-state index contributed by atoms with van der Waals surface area (Å²) in [5.74, 6) is -1.23. The van der Waals surface area contributed by atoms with E-state index in [1.54, 1.807) is 59.5 Å². The van der Waals surface area contributed by atoms with E-state index in [0.717, 1.165) is 5.56 Å². The molecule has 0 aliphatic carbocycles. The summed E-state index contributed by atoms with van der Waals surface area (Å²) in [6.45, 7) is 0.224. The van der Waals surface area contributed by atoms with Crippen molar-refractivity contribution in [2.24, 2.45) is 0 Å². The summed E-state index contributed by atoms with van der Waals surface area (Å²) in [5, 5.41) is 12.9. The third-order valence-corrected chi connectivity index (χ3v) is 7.29. The van der Waals surface area contributed by atoms with Crippen molar-refractivity contribution in [3.05, 3.63) is 101 Å². The molecule has 0 saturated carbocycles. The summed E-state index contributed by atoms with van der Waals surface area (Å²) in [4.78, 5) is 56.2. The number of amides is 3. The third-order valence-electron chi connectivity index (χ3n) is 7.05. The Morgan fingerprint density at radius 2 is 1.66 bits per heavy atom. The molecule has 0 aromatic heterocycles. The first-order valence-electron chi connectivity index (χ1n) is 12.4. The number of hydrogen-bond donors (Lipinski definition) is 2. The van der Waals surface area contributed by atoms with Crippen LogP contribution >= 0.6 is 11.6 Å². The van der Waals surface area contributed by atoms with Gasteiger partial charge in [-0.05, 0) is 54.4 Å². The van der Waals surface area contributed by atoms with Crippen LogP contribution in [0.5, 0.6) is 5.75 Å². The van der Waals surface area contributed by atoms with Crippen LogP contribution in [-0.2, 0) is 16.0 Å². The van der Waals surface area contributed by atoms with E-state index in [1.807, 2.05) is 6.07 Å². The Hall–Kier alpha value is -4.17. The molecule has 3 aromatic carbocycles. The lowest BCUT2D eigenvalue weighted by Crippen LogP contribution is -2.53. The Labute approximate surface area is 224 Å². The molecule has 3 amide bonds. The Kier molecular flexibility index (Phi) is 7.15. The number of hydrogen-bond acceptors (Lipinski definition) is 5. The van der Waals surface area contributed by atoms with Crippen molar-refractivity contribution in [3.63, 3.8) is 0 Å². The number of carbonyl (C=O) groups excluding carboxylic acids is 4. The Morgan fingerprint density at radius 1 is 0.947 bits per heavy atom. The molecule has 1 unspecified atom stereocenters. The van der Waals surface area contributed by atoms with Gasteiger partial charge in [-0.1, -0.05) is 48.0 Å². The van der Waals surface area contributed by atoms with E-state index in [1.165, 1.54) is 23.1 Å². The molecule has 2 aliphatic rings. The van der Waals surface area contributed by atoms with Crippen LogP contribution in [0.3, 0.4) is 0 Å². The number of nitrogens with zero attached hydrogens (tertiary/aromatic N) is 2. The average molecular weight is 532 g/mol. The second kappa shape index (κ2) is 10.7. The standard InChI is InChI=1S/C29H26ClN3O5/c30-21-8-4-7-20(16-21)27(36)31-23(15-18-9-11-22(34)12-10-18)29(38)32-14-13-24-26(32)25(35)17-33(24)28(37)19-5-2-1-3-6-19/h1-12,16,23-24,26,34H,13-15,17H2,(H,31,36)/t23-,24?,26-/m0/s1. The molecule has 2 N–H and O–H groups in total. The van der Waals surface area contributed by atoms with Gasteiger partial charge in [0.25, 0.3) is 11.8 Å². The lowest BCUT2D eigenvalue weighted by Gasteiger charge is -2.28. The summed E-state index contributed by atoms with van der Waals surface area (Å²) in [6, 6.07) is 19.4. The molecule has 5 rings (SSSR count). The first-order valence-corrected chi connectivity index (χ1v) is 12.7. The Morgan fingerprint density at radius 3 is 2.37 bits per heavy atom. The van der Waals surface area contributed by atoms with Crippen LogP contribution < -0.4 is 5.32 Å². The number of Topliss-reactive ketones (excluding diaryl/α,β-unsaturated/α-hetero) is 1. The number of carbonyl (C=O) groups is 4. The number of ketones is 1. The van der Waals surface area contributed by atoms with Crippen molar-refractivity contribution < 1.29 is 24.3 Å². The van der Waals surface area contributed by atoms with Crippen LogP contribution in [0.25, 0.3) is 0 Å². The fourth-order valence-electron chi connectivity index (χ4n) is 5.22. The summed E-state index contributed by atoms with van der Waals surface area (Å²) in [7, 11) is 0. The van der Waals surface area contributed by atoms with Gasteiger partial charge in [0, 0.05) is 29.1 Å². The maximum absolute atomic E-state index is 13.9. The van der Waals surface area contributed by atoms with Crippen LogP contribution in [0.4, 0.5) is 0 Å². The number of phenolic OH excluding ortho intramolecular Hbond substituents is 1. The number of likely N-dealkylation sites (tertiary alicyclic amines) is 2. The topological polar surface area (TPSA) is 107 Å². The van der Waals surface area contributed by atoms with E-state index in [-0.39, 0.29) is 37.0 Å². The normalized spacial score (nSPS) is 19.2. The summed E-state index contributed by atoms with van der Waals surface area (Å²) in [6.07, 6.45) is 0.620. The molecule has 194 valence electrons. The van der Waals surface area contributed by atoms with Gasteiger partial charge in [-0.2, -0.15) is 0 Å². The number of phenols is 1. The number of aromatic hydroxyl groups is 1. The van der Waals surface area contributed by atoms with E-state index in [2.05, 4.69) is 5.32 Å². The summed E-state index contributed by atoms with van der Waals surface area (Å²) >= 11 is 6.05. The van der Waals surface area contributed by atoms with E-state index in [9.17, 15) is 24.3 Å². The molecule has 2 aliphatic heterocycles. The first-order chi connectivity index (χ1) is 18.3. The molecule has 38 heavy (non-hydrogen) atoms. The van der Waals surface area contributed by atoms with Gasteiger partial charge in [-0.3, -0.25) is 19.2 Å². The van der Waals surface area contributed by atoms with Crippen LogP contribution in [0.15, 0.2) is 78.9 Å². The number of fused-ring (bicyclic) bond motifs is 1. The van der Waals surface area contributed by atoms with Gasteiger partial charge < -0.3 is 20.2 Å². The van der Waals surface area contributed by atoms with Crippen LogP contribution in [0, 0.1) is 0 Å². The molecule has 0 radical (unpaired) electrons. The van der Waals surface area contributed by atoms with Crippen LogP contribution in [-0.4, -0.2) is 69.6 Å². The van der Waals surface area contributed by atoms with Gasteiger partial charge >= 0.3 is 0 Å². The SMILES string of the molecule is O=C(N[C@@H](Cc1ccc(O)cc1)C(=O)N1CCC2[C@H]1C(=O)CN2C(=O)c1ccccc1)c1cccc(Cl)c1. The molecule has 3 atom stereocenters. The minimum atomic E-state index is -0.976. The van der Waals surface area contributed by atoms with Gasteiger partial charge in [-0.15, -0.1) is 0 Å². The highest BCUT2D eigenvalue weighted by molar-refractivity contribution is 6.31. The number of halogens is 1. The summed E-state index contributed by atoms with van der Waals surface area (Å²) in [5.41, 5.74) is 1.52. The van der Waals surface area contributed by atoms with Gasteiger partial charge in [-0.25, -0.2) is 0 Å². The molecule has 0 spiro atoms. The highest BCUT2D eigenvalue weighted by Gasteiger charge is 2.52. The number of rotatable bonds is 6. The average Bonchev–Trinajstić information content (AvgIpc) is 3.50. The second-order valence-electron chi connectivity index (χ2n) is 9.50. The Balaban J connectivity index is 1.38. The largest absolute Gasteiger partial charge is 0.508 e. The van der Waals surface area contributed by atoms with Crippen molar-refractivity contribution in [2.45, 2.75) is 31.0 Å². The molecule has 2 fully saturated rings. The molecule has 0 bridgehead atoms.